The Morgan fingerprint density at radius 2 is 2.33 bits per heavy atom. The van der Waals surface area contributed by atoms with E-state index in [1.807, 2.05) is 20.0 Å². The average molecular weight is 248 g/mol. The maximum absolute atomic E-state index is 8.87. The summed E-state index contributed by atoms with van der Waals surface area (Å²) in [5.41, 5.74) is 7.44. The predicted molar refractivity (Wildman–Crippen MR) is 72.1 cm³/mol. The number of anilines is 1. The first-order valence-electron chi connectivity index (χ1n) is 6.28. The number of nitrogens with two attached hydrogens (primary N) is 1. The Balaban J connectivity index is 2.27. The van der Waals surface area contributed by atoms with Gasteiger partial charge in [0, 0.05) is 19.8 Å². The van der Waals surface area contributed by atoms with Crippen LogP contribution in [0.15, 0.2) is 17.4 Å². The van der Waals surface area contributed by atoms with Crippen molar-refractivity contribution in [1.82, 2.24) is 4.98 Å². The first-order valence-corrected chi connectivity index (χ1v) is 6.28. The van der Waals surface area contributed by atoms with E-state index in [1.54, 1.807) is 6.20 Å². The molecule has 0 bridgehead atoms. The Kier molecular flexibility index (Phi) is 3.69. The second-order valence-electron chi connectivity index (χ2n) is 4.99. The highest BCUT2D eigenvalue weighted by Gasteiger charge is 2.22. The maximum atomic E-state index is 8.87. The van der Waals surface area contributed by atoms with Crippen molar-refractivity contribution in [2.45, 2.75) is 26.2 Å². The number of aryl methyl sites for hydroxylation is 1. The molecule has 1 fully saturated rings. The summed E-state index contributed by atoms with van der Waals surface area (Å²) in [5, 5.41) is 12.0. The van der Waals surface area contributed by atoms with Crippen molar-refractivity contribution < 1.29 is 5.21 Å². The molecule has 0 amide bonds. The lowest BCUT2D eigenvalue weighted by molar-refractivity contribution is 0.318. The Morgan fingerprint density at radius 3 is 2.89 bits per heavy atom. The lowest BCUT2D eigenvalue weighted by atomic mass is 9.85. The maximum Gasteiger partial charge on any atom is 0.174 e. The summed E-state index contributed by atoms with van der Waals surface area (Å²) in [6.45, 7) is 2.91. The van der Waals surface area contributed by atoms with E-state index in [1.165, 1.54) is 19.3 Å². The number of pyridine rings is 1. The summed E-state index contributed by atoms with van der Waals surface area (Å²) >= 11 is 0. The number of hydrogen-bond acceptors (Lipinski definition) is 4. The van der Waals surface area contributed by atoms with Crippen LogP contribution in [-0.2, 0) is 0 Å². The van der Waals surface area contributed by atoms with Crippen molar-refractivity contribution in [3.63, 3.8) is 0 Å². The normalized spacial score (nSPS) is 16.4. The zero-order chi connectivity index (χ0) is 13.1. The van der Waals surface area contributed by atoms with Crippen LogP contribution in [0.25, 0.3) is 0 Å². The smallest absolute Gasteiger partial charge is 0.174 e. The fraction of sp³-hybridized carbons (Fsp3) is 0.538. The van der Waals surface area contributed by atoms with E-state index in [0.29, 0.717) is 0 Å². The van der Waals surface area contributed by atoms with Gasteiger partial charge in [0.25, 0.3) is 0 Å². The van der Waals surface area contributed by atoms with E-state index in [-0.39, 0.29) is 5.84 Å². The van der Waals surface area contributed by atoms with Gasteiger partial charge in [0.15, 0.2) is 5.84 Å². The van der Waals surface area contributed by atoms with Gasteiger partial charge in [-0.3, -0.25) is 0 Å². The number of amidine groups is 1. The molecule has 0 unspecified atom stereocenters. The molecule has 0 spiro atoms. The van der Waals surface area contributed by atoms with Gasteiger partial charge in [0.2, 0.25) is 0 Å². The zero-order valence-corrected chi connectivity index (χ0v) is 10.9. The van der Waals surface area contributed by atoms with E-state index in [9.17, 15) is 0 Å². The number of aromatic nitrogens is 1. The third kappa shape index (κ3) is 2.39. The summed E-state index contributed by atoms with van der Waals surface area (Å²) in [6.07, 6.45) is 5.66. The van der Waals surface area contributed by atoms with Crippen molar-refractivity contribution in [3.05, 3.63) is 23.4 Å². The van der Waals surface area contributed by atoms with Gasteiger partial charge in [0.05, 0.1) is 5.56 Å². The summed E-state index contributed by atoms with van der Waals surface area (Å²) in [7, 11) is 2.01. The summed E-state index contributed by atoms with van der Waals surface area (Å²) in [4.78, 5) is 6.48. The molecule has 5 nitrogen and oxygen atoms in total. The van der Waals surface area contributed by atoms with E-state index in [2.05, 4.69) is 15.0 Å². The van der Waals surface area contributed by atoms with Crippen LogP contribution in [0.4, 0.5) is 5.82 Å². The Morgan fingerprint density at radius 1 is 1.61 bits per heavy atom. The van der Waals surface area contributed by atoms with Crippen molar-refractivity contribution in [3.8, 4) is 0 Å². The van der Waals surface area contributed by atoms with Gasteiger partial charge in [-0.25, -0.2) is 4.98 Å². The SMILES string of the molecule is Cc1ccnc(N(C)CC2CCC2)c1/C(N)=N/O. The number of rotatable bonds is 4. The van der Waals surface area contributed by atoms with Crippen LogP contribution in [0.2, 0.25) is 0 Å². The number of oxime groups is 1. The molecule has 5 heteroatoms. The van der Waals surface area contributed by atoms with Crippen LogP contribution in [0.3, 0.4) is 0 Å². The molecule has 3 N–H and O–H groups in total. The first kappa shape index (κ1) is 12.7. The predicted octanol–water partition coefficient (Wildman–Crippen LogP) is 1.72. The third-order valence-corrected chi connectivity index (χ3v) is 3.62. The molecular weight excluding hydrogens is 228 g/mol. The van der Waals surface area contributed by atoms with Crippen LogP contribution >= 0.6 is 0 Å². The molecule has 0 radical (unpaired) electrons. The summed E-state index contributed by atoms with van der Waals surface area (Å²) in [5.74, 6) is 1.66. The minimum atomic E-state index is 0.121. The molecule has 1 aliphatic carbocycles. The van der Waals surface area contributed by atoms with E-state index in [0.717, 1.165) is 29.4 Å². The summed E-state index contributed by atoms with van der Waals surface area (Å²) in [6, 6.07) is 1.87. The lowest BCUT2D eigenvalue weighted by Crippen LogP contribution is -2.32. The molecular formula is C13H20N4O. The van der Waals surface area contributed by atoms with E-state index < -0.39 is 0 Å². The Bertz CT molecular complexity index is 454. The largest absolute Gasteiger partial charge is 0.409 e. The fourth-order valence-corrected chi connectivity index (χ4v) is 2.35. The fourth-order valence-electron chi connectivity index (χ4n) is 2.35. The van der Waals surface area contributed by atoms with Gasteiger partial charge in [-0.15, -0.1) is 0 Å². The number of hydrogen-bond donors (Lipinski definition) is 2. The molecule has 98 valence electrons. The third-order valence-electron chi connectivity index (χ3n) is 3.62. The highest BCUT2D eigenvalue weighted by Crippen LogP contribution is 2.29. The lowest BCUT2D eigenvalue weighted by Gasteiger charge is -2.31. The van der Waals surface area contributed by atoms with Gasteiger partial charge in [-0.1, -0.05) is 11.6 Å². The van der Waals surface area contributed by atoms with Crippen LogP contribution < -0.4 is 10.6 Å². The standard InChI is InChI=1S/C13H20N4O/c1-9-6-7-15-13(11(9)12(14)16-18)17(2)8-10-4-3-5-10/h6-7,10,18H,3-5,8H2,1-2H3,(H2,14,16). The van der Waals surface area contributed by atoms with Crippen LogP contribution in [0, 0.1) is 12.8 Å². The minimum Gasteiger partial charge on any atom is -0.409 e. The number of nitrogens with zero attached hydrogens (tertiary/aromatic N) is 3. The van der Waals surface area contributed by atoms with Gasteiger partial charge >= 0.3 is 0 Å². The second-order valence-corrected chi connectivity index (χ2v) is 4.99. The molecule has 1 aromatic rings. The highest BCUT2D eigenvalue weighted by molar-refractivity contribution is 6.02. The second kappa shape index (κ2) is 5.25. The quantitative estimate of drug-likeness (QED) is 0.368. The minimum absolute atomic E-state index is 0.121. The Hall–Kier alpha value is -1.78. The van der Waals surface area contributed by atoms with Gasteiger partial charge in [0.1, 0.15) is 5.82 Å². The van der Waals surface area contributed by atoms with Crippen molar-refractivity contribution in [2.24, 2.45) is 16.8 Å². The van der Waals surface area contributed by atoms with Gasteiger partial charge in [-0.2, -0.15) is 0 Å². The first-order chi connectivity index (χ1) is 8.63. The van der Waals surface area contributed by atoms with Crippen LogP contribution in [-0.4, -0.2) is 29.6 Å². The average Bonchev–Trinajstić information content (AvgIpc) is 2.32. The molecule has 0 saturated heterocycles. The molecule has 0 atom stereocenters. The van der Waals surface area contributed by atoms with Crippen LogP contribution in [0.1, 0.15) is 30.4 Å². The molecule has 2 rings (SSSR count). The zero-order valence-electron chi connectivity index (χ0n) is 10.9. The van der Waals surface area contributed by atoms with E-state index in [4.69, 9.17) is 10.9 Å². The topological polar surface area (TPSA) is 74.7 Å². The molecule has 1 saturated carbocycles. The monoisotopic (exact) mass is 248 g/mol. The molecule has 0 aliphatic heterocycles. The van der Waals surface area contributed by atoms with Crippen LogP contribution in [0.5, 0.6) is 0 Å². The van der Waals surface area contributed by atoms with Gasteiger partial charge < -0.3 is 15.8 Å². The van der Waals surface area contributed by atoms with Crippen molar-refractivity contribution >= 4 is 11.7 Å². The molecule has 1 aliphatic rings. The highest BCUT2D eigenvalue weighted by atomic mass is 16.4. The van der Waals surface area contributed by atoms with Gasteiger partial charge in [-0.05, 0) is 37.3 Å². The summed E-state index contributed by atoms with van der Waals surface area (Å²) < 4.78 is 0. The molecule has 18 heavy (non-hydrogen) atoms. The molecule has 1 aromatic heterocycles. The van der Waals surface area contributed by atoms with Crippen molar-refractivity contribution in [2.75, 3.05) is 18.5 Å². The van der Waals surface area contributed by atoms with Crippen molar-refractivity contribution in [1.29, 1.82) is 0 Å². The van der Waals surface area contributed by atoms with E-state index >= 15 is 0 Å². The molecule has 1 heterocycles. The molecule has 0 aromatic carbocycles. The Labute approximate surface area is 107 Å².